The van der Waals surface area contributed by atoms with Gasteiger partial charge in [-0.25, -0.2) is 0 Å². The monoisotopic (exact) mass is 212 g/mol. The predicted octanol–water partition coefficient (Wildman–Crippen LogP) is 1.50. The van der Waals surface area contributed by atoms with E-state index in [1.54, 1.807) is 0 Å². The lowest BCUT2D eigenvalue weighted by Crippen LogP contribution is -2.17. The molecule has 0 unspecified atom stereocenters. The van der Waals surface area contributed by atoms with Crippen molar-refractivity contribution in [2.75, 3.05) is 0 Å². The van der Waals surface area contributed by atoms with E-state index in [1.807, 2.05) is 5.32 Å². The molecule has 0 radical (unpaired) electrons. The zero-order chi connectivity index (χ0) is 11.3. The highest BCUT2D eigenvalue weighted by Gasteiger charge is 2.06. The van der Waals surface area contributed by atoms with Crippen molar-refractivity contribution in [2.24, 2.45) is 0 Å². The second-order valence-corrected chi connectivity index (χ2v) is 2.47. The Morgan fingerprint density at radius 3 is 2.47 bits per heavy atom. The van der Waals surface area contributed by atoms with Gasteiger partial charge in [-0.15, -0.1) is 0 Å². The lowest BCUT2D eigenvalue weighted by molar-refractivity contribution is -0.0498. The SMILES string of the molecule is N#CNC(=O)c1ccc(OC(F)F)cc1. The molecule has 0 heterocycles. The third-order valence-electron chi connectivity index (χ3n) is 1.51. The Balaban J connectivity index is 2.73. The smallest absolute Gasteiger partial charge is 0.387 e. The molecule has 78 valence electrons. The number of nitrogens with zero attached hydrogens (tertiary/aromatic N) is 1. The van der Waals surface area contributed by atoms with E-state index in [4.69, 9.17) is 5.26 Å². The molecule has 0 saturated carbocycles. The molecule has 15 heavy (non-hydrogen) atoms. The highest BCUT2D eigenvalue weighted by molar-refractivity contribution is 5.95. The number of amides is 1. The number of ether oxygens (including phenoxy) is 1. The number of carbonyl (C=O) groups is 1. The third kappa shape index (κ3) is 3.23. The van der Waals surface area contributed by atoms with E-state index in [-0.39, 0.29) is 11.3 Å². The normalized spacial score (nSPS) is 9.47. The number of carbonyl (C=O) groups excluding carboxylic acids is 1. The Morgan fingerprint density at radius 2 is 2.00 bits per heavy atom. The fraction of sp³-hybridized carbons (Fsp3) is 0.111. The van der Waals surface area contributed by atoms with Crippen LogP contribution in [-0.4, -0.2) is 12.5 Å². The minimum atomic E-state index is -2.90. The molecule has 0 aliphatic carbocycles. The average Bonchev–Trinajstić information content (AvgIpc) is 2.18. The van der Waals surface area contributed by atoms with Gasteiger partial charge in [0.2, 0.25) is 0 Å². The van der Waals surface area contributed by atoms with Crippen molar-refractivity contribution in [1.29, 1.82) is 5.26 Å². The van der Waals surface area contributed by atoms with Crippen LogP contribution in [0.2, 0.25) is 0 Å². The van der Waals surface area contributed by atoms with E-state index in [0.717, 1.165) is 0 Å². The van der Waals surface area contributed by atoms with Crippen molar-refractivity contribution in [3.05, 3.63) is 29.8 Å². The molecule has 1 N–H and O–H groups in total. The average molecular weight is 212 g/mol. The number of rotatable bonds is 3. The van der Waals surface area contributed by atoms with Gasteiger partial charge < -0.3 is 4.74 Å². The Hall–Kier alpha value is -2.16. The standard InChI is InChI=1S/C9H6F2N2O2/c10-9(11)15-7-3-1-6(2-4-7)8(14)13-5-12/h1-4,9H,(H,13,14). The highest BCUT2D eigenvalue weighted by atomic mass is 19.3. The van der Waals surface area contributed by atoms with Crippen molar-refractivity contribution in [3.8, 4) is 11.9 Å². The van der Waals surface area contributed by atoms with Gasteiger partial charge >= 0.3 is 6.61 Å². The number of nitriles is 1. The number of benzene rings is 1. The molecule has 0 aliphatic rings. The summed E-state index contributed by atoms with van der Waals surface area (Å²) in [6.45, 7) is -2.90. The maximum atomic E-state index is 11.8. The van der Waals surface area contributed by atoms with Crippen molar-refractivity contribution in [1.82, 2.24) is 5.32 Å². The molecule has 1 aromatic carbocycles. The van der Waals surface area contributed by atoms with Crippen LogP contribution in [-0.2, 0) is 0 Å². The molecule has 0 fully saturated rings. The summed E-state index contributed by atoms with van der Waals surface area (Å²) in [5.74, 6) is -0.639. The molecular formula is C9H6F2N2O2. The summed E-state index contributed by atoms with van der Waals surface area (Å²) in [7, 11) is 0. The Morgan fingerprint density at radius 1 is 1.40 bits per heavy atom. The second kappa shape index (κ2) is 4.91. The minimum Gasteiger partial charge on any atom is -0.435 e. The predicted molar refractivity (Wildman–Crippen MR) is 46.2 cm³/mol. The van der Waals surface area contributed by atoms with E-state index in [2.05, 4.69) is 4.74 Å². The maximum Gasteiger partial charge on any atom is 0.387 e. The Labute approximate surface area is 84.1 Å². The number of hydrogen-bond donors (Lipinski definition) is 1. The van der Waals surface area contributed by atoms with Crippen LogP contribution in [0.15, 0.2) is 24.3 Å². The second-order valence-electron chi connectivity index (χ2n) is 2.47. The fourth-order valence-corrected chi connectivity index (χ4v) is 0.911. The first-order valence-electron chi connectivity index (χ1n) is 3.88. The van der Waals surface area contributed by atoms with E-state index < -0.39 is 12.5 Å². The van der Waals surface area contributed by atoms with Gasteiger partial charge in [0.1, 0.15) is 5.75 Å². The van der Waals surface area contributed by atoms with Crippen LogP contribution >= 0.6 is 0 Å². The molecule has 1 amide bonds. The molecule has 6 heteroatoms. The van der Waals surface area contributed by atoms with Crippen LogP contribution in [0.25, 0.3) is 0 Å². The molecule has 0 aromatic heterocycles. The third-order valence-corrected chi connectivity index (χ3v) is 1.51. The van der Waals surface area contributed by atoms with Gasteiger partial charge in [-0.05, 0) is 24.3 Å². The Kier molecular flexibility index (Phi) is 3.57. The molecule has 0 spiro atoms. The zero-order valence-corrected chi connectivity index (χ0v) is 7.41. The van der Waals surface area contributed by atoms with Gasteiger partial charge in [0, 0.05) is 5.56 Å². The van der Waals surface area contributed by atoms with Gasteiger partial charge in [-0.1, -0.05) is 0 Å². The van der Waals surface area contributed by atoms with Gasteiger partial charge in [0.25, 0.3) is 5.91 Å². The first kappa shape index (κ1) is 10.9. The first-order valence-corrected chi connectivity index (χ1v) is 3.88. The highest BCUT2D eigenvalue weighted by Crippen LogP contribution is 2.14. The summed E-state index contributed by atoms with van der Waals surface area (Å²) < 4.78 is 27.6. The van der Waals surface area contributed by atoms with Crippen LogP contribution in [0.1, 0.15) is 10.4 Å². The van der Waals surface area contributed by atoms with Crippen molar-refractivity contribution >= 4 is 5.91 Å². The van der Waals surface area contributed by atoms with E-state index in [0.29, 0.717) is 0 Å². The molecule has 4 nitrogen and oxygen atoms in total. The molecule has 0 saturated heterocycles. The lowest BCUT2D eigenvalue weighted by Gasteiger charge is -2.04. The summed E-state index contributed by atoms with van der Waals surface area (Å²) in [4.78, 5) is 11.1. The summed E-state index contributed by atoms with van der Waals surface area (Å²) >= 11 is 0. The quantitative estimate of drug-likeness (QED) is 0.610. The molecule has 0 bridgehead atoms. The van der Waals surface area contributed by atoms with Gasteiger partial charge in [-0.3, -0.25) is 10.1 Å². The lowest BCUT2D eigenvalue weighted by atomic mass is 10.2. The van der Waals surface area contributed by atoms with Crippen molar-refractivity contribution in [2.45, 2.75) is 6.61 Å². The maximum absolute atomic E-state index is 11.8. The van der Waals surface area contributed by atoms with Crippen LogP contribution in [0.3, 0.4) is 0 Å². The zero-order valence-electron chi connectivity index (χ0n) is 7.41. The van der Waals surface area contributed by atoms with E-state index in [9.17, 15) is 13.6 Å². The molecule has 1 rings (SSSR count). The molecular weight excluding hydrogens is 206 g/mol. The number of hydrogen-bond acceptors (Lipinski definition) is 3. The van der Waals surface area contributed by atoms with Gasteiger partial charge in [-0.2, -0.15) is 14.0 Å². The number of nitrogens with one attached hydrogen (secondary N) is 1. The van der Waals surface area contributed by atoms with Crippen LogP contribution < -0.4 is 10.1 Å². The van der Waals surface area contributed by atoms with Crippen LogP contribution in [0.5, 0.6) is 5.75 Å². The summed E-state index contributed by atoms with van der Waals surface area (Å²) in [5, 5.41) is 10.1. The minimum absolute atomic E-state index is 0.0430. The van der Waals surface area contributed by atoms with Crippen molar-refractivity contribution in [3.63, 3.8) is 0 Å². The largest absolute Gasteiger partial charge is 0.435 e. The van der Waals surface area contributed by atoms with Gasteiger partial charge in [0.05, 0.1) is 0 Å². The molecule has 1 aromatic rings. The molecule has 0 aliphatic heterocycles. The Bertz CT molecular complexity index is 384. The van der Waals surface area contributed by atoms with Crippen LogP contribution in [0, 0.1) is 11.5 Å². The summed E-state index contributed by atoms with van der Waals surface area (Å²) in [6.07, 6.45) is 1.46. The summed E-state index contributed by atoms with van der Waals surface area (Å²) in [6, 6.07) is 5.01. The number of alkyl halides is 2. The fourth-order valence-electron chi connectivity index (χ4n) is 0.911. The first-order chi connectivity index (χ1) is 7.13. The molecule has 0 atom stereocenters. The van der Waals surface area contributed by atoms with E-state index in [1.165, 1.54) is 30.5 Å². The van der Waals surface area contributed by atoms with E-state index >= 15 is 0 Å². The topological polar surface area (TPSA) is 62.1 Å². The summed E-state index contributed by atoms with van der Waals surface area (Å²) in [5.41, 5.74) is 0.193. The van der Waals surface area contributed by atoms with Crippen LogP contribution in [0.4, 0.5) is 8.78 Å². The van der Waals surface area contributed by atoms with Gasteiger partial charge in [0.15, 0.2) is 6.19 Å². The van der Waals surface area contributed by atoms with Crippen molar-refractivity contribution < 1.29 is 18.3 Å². The number of halogens is 2.